The third-order valence-electron chi connectivity index (χ3n) is 4.62. The fourth-order valence-corrected chi connectivity index (χ4v) is 3.32. The van der Waals surface area contributed by atoms with E-state index in [1.165, 1.54) is 24.2 Å². The van der Waals surface area contributed by atoms with Gasteiger partial charge in [-0.15, -0.1) is 0 Å². The smallest absolute Gasteiger partial charge is 0.247 e. The number of carbonyl (C=O) groups excluding carboxylic acids is 2. The normalized spacial score (nSPS) is 37.4. The molecule has 2 saturated carbocycles. The van der Waals surface area contributed by atoms with Crippen molar-refractivity contribution in [3.63, 3.8) is 0 Å². The lowest BCUT2D eigenvalue weighted by atomic mass is 9.85. The van der Waals surface area contributed by atoms with E-state index in [-0.39, 0.29) is 23.9 Å². The molecule has 0 aromatic rings. The van der Waals surface area contributed by atoms with Crippen molar-refractivity contribution in [2.75, 3.05) is 0 Å². The minimum absolute atomic E-state index is 0.0280. The Labute approximate surface area is 108 Å². The number of amides is 2. The van der Waals surface area contributed by atoms with E-state index in [4.69, 9.17) is 0 Å². The van der Waals surface area contributed by atoms with Crippen molar-refractivity contribution < 1.29 is 9.59 Å². The van der Waals surface area contributed by atoms with Crippen LogP contribution in [0.1, 0.15) is 51.9 Å². The standard InChI is InChI=1S/C14H22N2O2/c1-9-4-2-3-5-11(9)15-12-8-13(17)16(14(12)18)10-6-7-10/h9-12,15H,2-8H2,1H3. The van der Waals surface area contributed by atoms with Crippen LogP contribution in [0.15, 0.2) is 0 Å². The zero-order valence-electron chi connectivity index (χ0n) is 11.0. The third-order valence-corrected chi connectivity index (χ3v) is 4.62. The average Bonchev–Trinajstić information content (AvgIpc) is 3.11. The molecule has 3 aliphatic rings. The molecule has 100 valence electrons. The number of carbonyl (C=O) groups is 2. The van der Waals surface area contributed by atoms with Crippen LogP contribution >= 0.6 is 0 Å². The Bertz CT molecular complexity index is 365. The molecule has 4 heteroatoms. The van der Waals surface area contributed by atoms with Gasteiger partial charge in [0.1, 0.15) is 0 Å². The summed E-state index contributed by atoms with van der Waals surface area (Å²) in [6.45, 7) is 2.25. The number of imide groups is 1. The van der Waals surface area contributed by atoms with Crippen LogP contribution in [0.25, 0.3) is 0 Å². The lowest BCUT2D eigenvalue weighted by molar-refractivity contribution is -0.139. The van der Waals surface area contributed by atoms with Crippen LogP contribution in [0, 0.1) is 5.92 Å². The molecule has 1 N–H and O–H groups in total. The van der Waals surface area contributed by atoms with Gasteiger partial charge in [0, 0.05) is 12.1 Å². The number of hydrogen-bond acceptors (Lipinski definition) is 3. The monoisotopic (exact) mass is 250 g/mol. The van der Waals surface area contributed by atoms with Crippen molar-refractivity contribution in [2.45, 2.75) is 70.0 Å². The van der Waals surface area contributed by atoms with E-state index in [1.807, 2.05) is 0 Å². The largest absolute Gasteiger partial charge is 0.302 e. The molecule has 3 atom stereocenters. The van der Waals surface area contributed by atoms with Gasteiger partial charge in [0.05, 0.1) is 12.5 Å². The third kappa shape index (κ3) is 2.18. The minimum Gasteiger partial charge on any atom is -0.302 e. The average molecular weight is 250 g/mol. The quantitative estimate of drug-likeness (QED) is 0.771. The maximum atomic E-state index is 12.2. The maximum Gasteiger partial charge on any atom is 0.247 e. The summed E-state index contributed by atoms with van der Waals surface area (Å²) >= 11 is 0. The minimum atomic E-state index is -0.247. The molecule has 0 bridgehead atoms. The van der Waals surface area contributed by atoms with Crippen molar-refractivity contribution in [1.82, 2.24) is 10.2 Å². The van der Waals surface area contributed by atoms with Gasteiger partial charge in [-0.1, -0.05) is 19.8 Å². The second-order valence-corrected chi connectivity index (χ2v) is 6.12. The van der Waals surface area contributed by atoms with E-state index in [0.717, 1.165) is 19.3 Å². The zero-order chi connectivity index (χ0) is 12.7. The Morgan fingerprint density at radius 3 is 2.50 bits per heavy atom. The van der Waals surface area contributed by atoms with Gasteiger partial charge >= 0.3 is 0 Å². The summed E-state index contributed by atoms with van der Waals surface area (Å²) in [6, 6.07) is 0.392. The molecule has 0 aromatic heterocycles. The van der Waals surface area contributed by atoms with Crippen molar-refractivity contribution in [3.05, 3.63) is 0 Å². The summed E-state index contributed by atoms with van der Waals surface area (Å²) in [7, 11) is 0. The summed E-state index contributed by atoms with van der Waals surface area (Å²) in [5.74, 6) is 0.681. The zero-order valence-corrected chi connectivity index (χ0v) is 11.0. The van der Waals surface area contributed by atoms with Crippen LogP contribution in [0.5, 0.6) is 0 Å². The number of hydrogen-bond donors (Lipinski definition) is 1. The molecule has 3 unspecified atom stereocenters. The van der Waals surface area contributed by atoms with Crippen LogP contribution in [0.2, 0.25) is 0 Å². The van der Waals surface area contributed by atoms with Gasteiger partial charge in [-0.2, -0.15) is 0 Å². The van der Waals surface area contributed by atoms with Gasteiger partial charge in [-0.05, 0) is 31.6 Å². The Morgan fingerprint density at radius 1 is 1.11 bits per heavy atom. The highest BCUT2D eigenvalue weighted by Gasteiger charge is 2.46. The highest BCUT2D eigenvalue weighted by molar-refractivity contribution is 6.06. The van der Waals surface area contributed by atoms with E-state index in [0.29, 0.717) is 18.4 Å². The fourth-order valence-electron chi connectivity index (χ4n) is 3.32. The van der Waals surface area contributed by atoms with Gasteiger partial charge in [0.15, 0.2) is 0 Å². The molecule has 0 radical (unpaired) electrons. The first kappa shape index (κ1) is 12.2. The molecular formula is C14H22N2O2. The van der Waals surface area contributed by atoms with E-state index < -0.39 is 0 Å². The number of nitrogens with zero attached hydrogens (tertiary/aromatic N) is 1. The predicted molar refractivity (Wildman–Crippen MR) is 67.8 cm³/mol. The molecule has 2 aliphatic carbocycles. The van der Waals surface area contributed by atoms with Crippen LogP contribution in [0.4, 0.5) is 0 Å². The summed E-state index contributed by atoms with van der Waals surface area (Å²) in [5, 5.41) is 3.45. The molecule has 1 aliphatic heterocycles. The number of nitrogens with one attached hydrogen (secondary N) is 1. The molecule has 4 nitrogen and oxygen atoms in total. The molecule has 0 spiro atoms. The summed E-state index contributed by atoms with van der Waals surface area (Å²) in [6.07, 6.45) is 7.29. The number of likely N-dealkylation sites (tertiary alicyclic amines) is 1. The molecule has 2 amide bonds. The first-order chi connectivity index (χ1) is 8.66. The molecule has 3 fully saturated rings. The van der Waals surface area contributed by atoms with Gasteiger partial charge in [0.25, 0.3) is 0 Å². The lowest BCUT2D eigenvalue weighted by Crippen LogP contribution is -2.47. The van der Waals surface area contributed by atoms with Crippen molar-refractivity contribution >= 4 is 11.8 Å². The number of rotatable bonds is 3. The second kappa shape index (κ2) is 4.65. The molecule has 1 heterocycles. The summed E-state index contributed by atoms with van der Waals surface area (Å²) < 4.78 is 0. The second-order valence-electron chi connectivity index (χ2n) is 6.12. The first-order valence-corrected chi connectivity index (χ1v) is 7.29. The Morgan fingerprint density at radius 2 is 1.83 bits per heavy atom. The van der Waals surface area contributed by atoms with Gasteiger partial charge in [0.2, 0.25) is 11.8 Å². The molecular weight excluding hydrogens is 228 g/mol. The Hall–Kier alpha value is -0.900. The Kier molecular flexibility index (Phi) is 3.14. The van der Waals surface area contributed by atoms with E-state index in [2.05, 4.69) is 12.2 Å². The van der Waals surface area contributed by atoms with Gasteiger partial charge < -0.3 is 5.32 Å². The van der Waals surface area contributed by atoms with Crippen molar-refractivity contribution in [3.8, 4) is 0 Å². The highest BCUT2D eigenvalue weighted by Crippen LogP contribution is 2.32. The molecule has 18 heavy (non-hydrogen) atoms. The van der Waals surface area contributed by atoms with Gasteiger partial charge in [-0.3, -0.25) is 14.5 Å². The summed E-state index contributed by atoms with van der Waals surface area (Å²) in [4.78, 5) is 25.6. The maximum absolute atomic E-state index is 12.2. The van der Waals surface area contributed by atoms with E-state index in [1.54, 1.807) is 0 Å². The van der Waals surface area contributed by atoms with Crippen LogP contribution in [0.3, 0.4) is 0 Å². The molecule has 3 rings (SSSR count). The fraction of sp³-hybridized carbons (Fsp3) is 0.857. The van der Waals surface area contributed by atoms with E-state index >= 15 is 0 Å². The van der Waals surface area contributed by atoms with Crippen molar-refractivity contribution in [2.24, 2.45) is 5.92 Å². The SMILES string of the molecule is CC1CCCCC1NC1CC(=O)N(C2CC2)C1=O. The molecule has 1 saturated heterocycles. The lowest BCUT2D eigenvalue weighted by Gasteiger charge is -2.31. The topological polar surface area (TPSA) is 49.4 Å². The van der Waals surface area contributed by atoms with Crippen molar-refractivity contribution in [1.29, 1.82) is 0 Å². The van der Waals surface area contributed by atoms with Crippen LogP contribution in [-0.2, 0) is 9.59 Å². The molecule has 0 aromatic carbocycles. The summed E-state index contributed by atoms with van der Waals surface area (Å²) in [5.41, 5.74) is 0. The predicted octanol–water partition coefficient (Wildman–Crippen LogP) is 1.44. The van der Waals surface area contributed by atoms with Crippen LogP contribution < -0.4 is 5.32 Å². The van der Waals surface area contributed by atoms with Gasteiger partial charge in [-0.25, -0.2) is 0 Å². The Balaban J connectivity index is 1.63. The highest BCUT2D eigenvalue weighted by atomic mass is 16.2. The first-order valence-electron chi connectivity index (χ1n) is 7.29. The van der Waals surface area contributed by atoms with Crippen LogP contribution in [-0.4, -0.2) is 34.8 Å². The van der Waals surface area contributed by atoms with E-state index in [9.17, 15) is 9.59 Å².